The minimum absolute atomic E-state index is 1.11. The van der Waals surface area contributed by atoms with Crippen LogP contribution in [0.3, 0.4) is 0 Å². The van der Waals surface area contributed by atoms with Crippen LogP contribution in [0.25, 0.3) is 85.9 Å². The first-order valence-corrected chi connectivity index (χ1v) is 20.0. The molecule has 0 aliphatic heterocycles. The summed E-state index contributed by atoms with van der Waals surface area (Å²) in [6, 6.07) is 77.8. The topological polar surface area (TPSA) is 3.24 Å². The first-order valence-electron chi connectivity index (χ1n) is 19.2. The van der Waals surface area contributed by atoms with Crippen LogP contribution in [-0.2, 0) is 0 Å². The first kappa shape index (κ1) is 32.4. The highest BCUT2D eigenvalue weighted by Gasteiger charge is 2.16. The van der Waals surface area contributed by atoms with Crippen LogP contribution in [0, 0.1) is 0 Å². The second-order valence-corrected chi connectivity index (χ2v) is 15.6. The summed E-state index contributed by atoms with van der Waals surface area (Å²) in [7, 11) is 0. The standard InChI is InChI=1S/C54H35NS/c1-2-11-39-32-41(21-20-36(39)10-1)40-13-9-14-46(33-40)55(44-27-22-37(23-28-44)42-26-31-51-50-18-7-8-19-53(50)56-54(51)35-42)45-29-24-38(25-30-45)52-34-43-12-3-4-15-47(43)48-16-5-6-17-49(48)52/h1-35H. The Bertz CT molecular complexity index is 3250. The van der Waals surface area contributed by atoms with E-state index in [0.29, 0.717) is 0 Å². The van der Waals surface area contributed by atoms with E-state index in [1.807, 2.05) is 11.3 Å². The maximum atomic E-state index is 2.38. The summed E-state index contributed by atoms with van der Waals surface area (Å²) in [6.45, 7) is 0. The van der Waals surface area contributed by atoms with E-state index in [9.17, 15) is 0 Å². The number of thiophene rings is 1. The summed E-state index contributed by atoms with van der Waals surface area (Å²) in [5.74, 6) is 0. The van der Waals surface area contributed by atoms with E-state index in [-0.39, 0.29) is 0 Å². The molecule has 1 heterocycles. The maximum Gasteiger partial charge on any atom is 0.0467 e. The van der Waals surface area contributed by atoms with Gasteiger partial charge >= 0.3 is 0 Å². The van der Waals surface area contributed by atoms with Crippen LogP contribution in [0.5, 0.6) is 0 Å². The molecule has 1 aromatic heterocycles. The van der Waals surface area contributed by atoms with Crippen molar-refractivity contribution < 1.29 is 0 Å². The summed E-state index contributed by atoms with van der Waals surface area (Å²) in [4.78, 5) is 2.38. The molecule has 0 N–H and O–H groups in total. The lowest BCUT2D eigenvalue weighted by Gasteiger charge is -2.26. The van der Waals surface area contributed by atoms with Crippen molar-refractivity contribution >= 4 is 80.9 Å². The van der Waals surface area contributed by atoms with Gasteiger partial charge in [0.2, 0.25) is 0 Å². The highest BCUT2D eigenvalue weighted by atomic mass is 32.1. The predicted molar refractivity (Wildman–Crippen MR) is 243 cm³/mol. The Balaban J connectivity index is 1.01. The summed E-state index contributed by atoms with van der Waals surface area (Å²) in [5, 5.41) is 10.2. The van der Waals surface area contributed by atoms with E-state index < -0.39 is 0 Å². The Labute approximate surface area is 330 Å². The number of hydrogen-bond acceptors (Lipinski definition) is 2. The van der Waals surface area contributed by atoms with Crippen LogP contribution in [0.4, 0.5) is 17.1 Å². The Morgan fingerprint density at radius 2 is 0.839 bits per heavy atom. The van der Waals surface area contributed by atoms with Gasteiger partial charge in [-0.15, -0.1) is 11.3 Å². The van der Waals surface area contributed by atoms with E-state index in [0.717, 1.165) is 17.1 Å². The molecule has 56 heavy (non-hydrogen) atoms. The Hall–Kier alpha value is -7.00. The van der Waals surface area contributed by atoms with Gasteiger partial charge in [-0.05, 0) is 126 Å². The third-order valence-corrected chi connectivity index (χ3v) is 12.4. The van der Waals surface area contributed by atoms with Crippen LogP contribution >= 0.6 is 11.3 Å². The van der Waals surface area contributed by atoms with Crippen molar-refractivity contribution in [1.29, 1.82) is 0 Å². The molecule has 0 saturated carbocycles. The van der Waals surface area contributed by atoms with Crippen molar-refractivity contribution in [3.63, 3.8) is 0 Å². The monoisotopic (exact) mass is 729 g/mol. The Morgan fingerprint density at radius 1 is 0.268 bits per heavy atom. The molecular formula is C54H35NS. The summed E-state index contributed by atoms with van der Waals surface area (Å²) < 4.78 is 2.65. The van der Waals surface area contributed by atoms with Crippen molar-refractivity contribution in [3.8, 4) is 33.4 Å². The number of nitrogens with zero attached hydrogens (tertiary/aromatic N) is 1. The van der Waals surface area contributed by atoms with Crippen molar-refractivity contribution in [2.75, 3.05) is 4.90 Å². The molecular weight excluding hydrogens is 695 g/mol. The summed E-state index contributed by atoms with van der Waals surface area (Å²) in [6.07, 6.45) is 0. The van der Waals surface area contributed by atoms with Crippen molar-refractivity contribution in [2.45, 2.75) is 0 Å². The van der Waals surface area contributed by atoms with Gasteiger partial charge in [0, 0.05) is 37.2 Å². The van der Waals surface area contributed by atoms with Gasteiger partial charge in [-0.1, -0.05) is 152 Å². The molecule has 0 bridgehead atoms. The molecule has 0 fully saturated rings. The molecule has 0 unspecified atom stereocenters. The fourth-order valence-electron chi connectivity index (χ4n) is 8.43. The van der Waals surface area contributed by atoms with E-state index >= 15 is 0 Å². The Morgan fingerprint density at radius 3 is 1.64 bits per heavy atom. The molecule has 0 atom stereocenters. The number of fused-ring (bicyclic) bond motifs is 7. The van der Waals surface area contributed by atoms with Gasteiger partial charge in [0.1, 0.15) is 0 Å². The van der Waals surface area contributed by atoms with Gasteiger partial charge in [-0.2, -0.15) is 0 Å². The fraction of sp³-hybridized carbons (Fsp3) is 0. The molecule has 11 rings (SSSR count). The smallest absolute Gasteiger partial charge is 0.0467 e. The SMILES string of the molecule is c1cc(-c2ccc3ccccc3c2)cc(N(c2ccc(-c3ccc4c(c3)sc3ccccc34)cc2)c2ccc(-c3cc4ccccc4c4ccccc34)cc2)c1. The number of rotatable bonds is 6. The zero-order chi connectivity index (χ0) is 37.0. The van der Waals surface area contributed by atoms with Gasteiger partial charge < -0.3 is 4.90 Å². The highest BCUT2D eigenvalue weighted by Crippen LogP contribution is 2.41. The molecule has 11 aromatic rings. The largest absolute Gasteiger partial charge is 0.310 e. The van der Waals surface area contributed by atoms with Crippen molar-refractivity contribution in [2.24, 2.45) is 0 Å². The number of hydrogen-bond donors (Lipinski definition) is 0. The molecule has 0 aliphatic carbocycles. The van der Waals surface area contributed by atoms with E-state index in [2.05, 4.69) is 217 Å². The molecule has 10 aromatic carbocycles. The minimum Gasteiger partial charge on any atom is -0.310 e. The average molecular weight is 730 g/mol. The highest BCUT2D eigenvalue weighted by molar-refractivity contribution is 7.25. The third-order valence-electron chi connectivity index (χ3n) is 11.2. The van der Waals surface area contributed by atoms with Crippen LogP contribution in [0.2, 0.25) is 0 Å². The summed E-state index contributed by atoms with van der Waals surface area (Å²) in [5.41, 5.74) is 10.6. The van der Waals surface area contributed by atoms with E-state index in [1.54, 1.807) is 0 Å². The maximum absolute atomic E-state index is 2.38. The molecule has 1 nitrogen and oxygen atoms in total. The zero-order valence-electron chi connectivity index (χ0n) is 30.6. The first-order chi connectivity index (χ1) is 27.7. The lowest BCUT2D eigenvalue weighted by Crippen LogP contribution is -2.10. The van der Waals surface area contributed by atoms with Gasteiger partial charge in [0.25, 0.3) is 0 Å². The molecule has 0 radical (unpaired) electrons. The van der Waals surface area contributed by atoms with Gasteiger partial charge in [0.05, 0.1) is 0 Å². The third kappa shape index (κ3) is 5.62. The lowest BCUT2D eigenvalue weighted by molar-refractivity contribution is 1.28. The quantitative estimate of drug-likeness (QED) is 0.154. The second-order valence-electron chi connectivity index (χ2n) is 14.5. The fourth-order valence-corrected chi connectivity index (χ4v) is 9.58. The van der Waals surface area contributed by atoms with E-state index in [1.165, 1.54) is 85.9 Å². The van der Waals surface area contributed by atoms with E-state index in [4.69, 9.17) is 0 Å². The van der Waals surface area contributed by atoms with Crippen LogP contribution in [-0.4, -0.2) is 0 Å². The summed E-state index contributed by atoms with van der Waals surface area (Å²) >= 11 is 1.87. The molecule has 0 saturated heterocycles. The van der Waals surface area contributed by atoms with Gasteiger partial charge in [0.15, 0.2) is 0 Å². The molecule has 2 heteroatoms. The van der Waals surface area contributed by atoms with Gasteiger partial charge in [-0.3, -0.25) is 0 Å². The van der Waals surface area contributed by atoms with Crippen molar-refractivity contribution in [1.82, 2.24) is 0 Å². The van der Waals surface area contributed by atoms with Crippen molar-refractivity contribution in [3.05, 3.63) is 212 Å². The van der Waals surface area contributed by atoms with Crippen LogP contribution in [0.15, 0.2) is 212 Å². The molecule has 0 spiro atoms. The molecule has 0 aliphatic rings. The minimum atomic E-state index is 1.11. The second kappa shape index (κ2) is 13.4. The normalized spacial score (nSPS) is 11.6. The number of benzene rings is 10. The number of anilines is 3. The van der Waals surface area contributed by atoms with Crippen LogP contribution in [0.1, 0.15) is 0 Å². The average Bonchev–Trinajstić information content (AvgIpc) is 3.65. The lowest BCUT2D eigenvalue weighted by atomic mass is 9.93. The van der Waals surface area contributed by atoms with Crippen LogP contribution < -0.4 is 4.90 Å². The zero-order valence-corrected chi connectivity index (χ0v) is 31.4. The molecule has 262 valence electrons. The molecule has 0 amide bonds. The van der Waals surface area contributed by atoms with Gasteiger partial charge in [-0.25, -0.2) is 0 Å². The predicted octanol–water partition coefficient (Wildman–Crippen LogP) is 16.0. The Kier molecular flexibility index (Phi) is 7.75.